The third kappa shape index (κ3) is 3.30. The lowest BCUT2D eigenvalue weighted by molar-refractivity contribution is -0.141. The molecule has 0 saturated heterocycles. The van der Waals surface area contributed by atoms with Crippen LogP contribution >= 0.6 is 34.7 Å². The van der Waals surface area contributed by atoms with Crippen molar-refractivity contribution in [1.29, 1.82) is 0 Å². The van der Waals surface area contributed by atoms with Gasteiger partial charge in [-0.3, -0.25) is 0 Å². The zero-order valence-corrected chi connectivity index (χ0v) is 10.3. The first-order chi connectivity index (χ1) is 7.95. The van der Waals surface area contributed by atoms with Crippen LogP contribution in [0, 0.1) is 0 Å². The highest BCUT2D eigenvalue weighted by atomic mass is 35.5. The molecule has 9 heteroatoms. The number of rotatable bonds is 2. The minimum atomic E-state index is -4.54. The molecule has 3 nitrogen and oxygen atoms in total. The summed E-state index contributed by atoms with van der Waals surface area (Å²) in [5.74, 6) is 0. The quantitative estimate of drug-likeness (QED) is 0.625. The third-order valence-electron chi connectivity index (χ3n) is 1.57. The Bertz CT molecular complexity index is 515. The Kier molecular flexibility index (Phi) is 3.55. The lowest BCUT2D eigenvalue weighted by Crippen LogP contribution is -2.09. The molecule has 2 rings (SSSR count). The Hall–Kier alpha value is -0.860. The standard InChI is InChI=1S/C8H3ClF3N3S2/c9-6-14-4(8(10,11)12)3-5(15-6)17-7-13-1-2-16-7/h1-3H. The number of hydrogen-bond donors (Lipinski definition) is 0. The van der Waals surface area contributed by atoms with E-state index in [1.54, 1.807) is 11.6 Å². The Morgan fingerprint density at radius 1 is 1.29 bits per heavy atom. The second-order valence-corrected chi connectivity index (χ2v) is 5.26. The molecule has 0 fully saturated rings. The van der Waals surface area contributed by atoms with E-state index in [1.165, 1.54) is 11.3 Å². The second kappa shape index (κ2) is 4.79. The predicted molar refractivity (Wildman–Crippen MR) is 58.3 cm³/mol. The van der Waals surface area contributed by atoms with Gasteiger partial charge in [0, 0.05) is 17.6 Å². The van der Waals surface area contributed by atoms with E-state index < -0.39 is 17.2 Å². The van der Waals surface area contributed by atoms with Crippen molar-refractivity contribution in [2.75, 3.05) is 0 Å². The van der Waals surface area contributed by atoms with Crippen molar-refractivity contribution in [2.24, 2.45) is 0 Å². The van der Waals surface area contributed by atoms with Crippen molar-refractivity contribution < 1.29 is 13.2 Å². The number of halogens is 4. The van der Waals surface area contributed by atoms with Gasteiger partial charge in [-0.2, -0.15) is 13.2 Å². The summed E-state index contributed by atoms with van der Waals surface area (Å²) in [5, 5.41) is 1.40. The van der Waals surface area contributed by atoms with Crippen LogP contribution in [-0.2, 0) is 6.18 Å². The molecule has 2 heterocycles. The maximum atomic E-state index is 12.5. The first-order valence-corrected chi connectivity index (χ1v) is 6.22. The molecule has 0 N–H and O–H groups in total. The van der Waals surface area contributed by atoms with E-state index in [1.807, 2.05) is 0 Å². The normalized spacial score (nSPS) is 11.8. The van der Waals surface area contributed by atoms with Gasteiger partial charge in [0.05, 0.1) is 0 Å². The molecule has 0 spiro atoms. The lowest BCUT2D eigenvalue weighted by Gasteiger charge is -2.06. The highest BCUT2D eigenvalue weighted by molar-refractivity contribution is 8.01. The topological polar surface area (TPSA) is 38.7 Å². The van der Waals surface area contributed by atoms with Crippen molar-refractivity contribution in [3.8, 4) is 0 Å². The van der Waals surface area contributed by atoms with E-state index in [9.17, 15) is 13.2 Å². The monoisotopic (exact) mass is 297 g/mol. The first-order valence-electron chi connectivity index (χ1n) is 4.14. The molecule has 0 aliphatic rings. The second-order valence-electron chi connectivity index (χ2n) is 2.76. The molecule has 0 saturated carbocycles. The third-order valence-corrected chi connectivity index (χ3v) is 3.54. The summed E-state index contributed by atoms with van der Waals surface area (Å²) < 4.78 is 38.0. The van der Waals surface area contributed by atoms with Crippen molar-refractivity contribution >= 4 is 34.7 Å². The fraction of sp³-hybridized carbons (Fsp3) is 0.125. The summed E-state index contributed by atoms with van der Waals surface area (Å²) >= 11 is 7.76. The average Bonchev–Trinajstić information content (AvgIpc) is 2.68. The predicted octanol–water partition coefficient (Wildman–Crippen LogP) is 3.76. The van der Waals surface area contributed by atoms with Gasteiger partial charge in [-0.1, -0.05) is 0 Å². The van der Waals surface area contributed by atoms with Crippen molar-refractivity contribution in [3.05, 3.63) is 28.6 Å². The van der Waals surface area contributed by atoms with Gasteiger partial charge < -0.3 is 0 Å². The van der Waals surface area contributed by atoms with Crippen LogP contribution in [0.1, 0.15) is 5.69 Å². The molecule has 0 aromatic carbocycles. The minimum Gasteiger partial charge on any atom is -0.238 e. The van der Waals surface area contributed by atoms with Gasteiger partial charge in [-0.15, -0.1) is 11.3 Å². The Labute approximate surface area is 107 Å². The molecule has 0 atom stereocenters. The molecular formula is C8H3ClF3N3S2. The van der Waals surface area contributed by atoms with E-state index in [-0.39, 0.29) is 5.03 Å². The number of alkyl halides is 3. The van der Waals surface area contributed by atoms with Crippen LogP contribution < -0.4 is 0 Å². The number of aromatic nitrogens is 3. The number of hydrogen-bond acceptors (Lipinski definition) is 5. The number of thiazole rings is 1. The molecule has 17 heavy (non-hydrogen) atoms. The van der Waals surface area contributed by atoms with E-state index in [2.05, 4.69) is 15.0 Å². The Morgan fingerprint density at radius 3 is 2.65 bits per heavy atom. The lowest BCUT2D eigenvalue weighted by atomic mass is 10.4. The molecule has 0 amide bonds. The van der Waals surface area contributed by atoms with Gasteiger partial charge in [0.2, 0.25) is 5.28 Å². The molecule has 0 aliphatic heterocycles. The van der Waals surface area contributed by atoms with Crippen molar-refractivity contribution in [1.82, 2.24) is 15.0 Å². The van der Waals surface area contributed by atoms with Gasteiger partial charge in [0.15, 0.2) is 10.0 Å². The molecule has 0 bridgehead atoms. The number of nitrogens with zero attached hydrogens (tertiary/aromatic N) is 3. The minimum absolute atomic E-state index is 0.118. The van der Waals surface area contributed by atoms with Gasteiger partial charge in [0.25, 0.3) is 0 Å². The summed E-state index contributed by atoms with van der Waals surface area (Å²) in [6.07, 6.45) is -2.98. The summed E-state index contributed by atoms with van der Waals surface area (Å²) in [6.45, 7) is 0. The zero-order chi connectivity index (χ0) is 12.5. The Morgan fingerprint density at radius 2 is 2.06 bits per heavy atom. The molecule has 90 valence electrons. The molecule has 0 aliphatic carbocycles. The largest absolute Gasteiger partial charge is 0.433 e. The van der Waals surface area contributed by atoms with E-state index >= 15 is 0 Å². The van der Waals surface area contributed by atoms with Crippen molar-refractivity contribution in [3.63, 3.8) is 0 Å². The van der Waals surface area contributed by atoms with E-state index in [4.69, 9.17) is 11.6 Å². The highest BCUT2D eigenvalue weighted by Crippen LogP contribution is 2.33. The summed E-state index contributed by atoms with van der Waals surface area (Å²) in [7, 11) is 0. The van der Waals surface area contributed by atoms with Crippen LogP contribution in [0.3, 0.4) is 0 Å². The van der Waals surface area contributed by atoms with Crippen LogP contribution in [0.5, 0.6) is 0 Å². The molecule has 2 aromatic rings. The van der Waals surface area contributed by atoms with Crippen LogP contribution in [0.4, 0.5) is 13.2 Å². The summed E-state index contributed by atoms with van der Waals surface area (Å²) in [6, 6.07) is 0.845. The zero-order valence-electron chi connectivity index (χ0n) is 7.90. The van der Waals surface area contributed by atoms with Gasteiger partial charge in [0.1, 0.15) is 5.03 Å². The fourth-order valence-corrected chi connectivity index (χ4v) is 2.75. The Balaban J connectivity index is 2.32. The van der Waals surface area contributed by atoms with Gasteiger partial charge in [-0.05, 0) is 23.4 Å². The van der Waals surface area contributed by atoms with Gasteiger partial charge in [-0.25, -0.2) is 15.0 Å². The summed E-state index contributed by atoms with van der Waals surface area (Å²) in [5.41, 5.74) is -1.06. The molecule has 0 radical (unpaired) electrons. The highest BCUT2D eigenvalue weighted by Gasteiger charge is 2.33. The first kappa shape index (κ1) is 12.6. The maximum Gasteiger partial charge on any atom is 0.433 e. The van der Waals surface area contributed by atoms with Crippen LogP contribution in [0.25, 0.3) is 0 Å². The smallest absolute Gasteiger partial charge is 0.238 e. The maximum absolute atomic E-state index is 12.5. The van der Waals surface area contributed by atoms with E-state index in [0.717, 1.165) is 17.8 Å². The molecule has 2 aromatic heterocycles. The van der Waals surface area contributed by atoms with Crippen LogP contribution in [-0.4, -0.2) is 15.0 Å². The van der Waals surface area contributed by atoms with Gasteiger partial charge >= 0.3 is 6.18 Å². The fourth-order valence-electron chi connectivity index (χ4n) is 0.945. The van der Waals surface area contributed by atoms with E-state index in [0.29, 0.717) is 4.34 Å². The van der Waals surface area contributed by atoms with Crippen LogP contribution in [0.15, 0.2) is 27.0 Å². The summed E-state index contributed by atoms with van der Waals surface area (Å²) in [4.78, 5) is 10.8. The average molecular weight is 298 g/mol. The van der Waals surface area contributed by atoms with Crippen LogP contribution in [0.2, 0.25) is 5.28 Å². The SMILES string of the molecule is FC(F)(F)c1cc(Sc2nccs2)nc(Cl)n1. The molecular weight excluding hydrogens is 295 g/mol. The van der Waals surface area contributed by atoms with Crippen molar-refractivity contribution in [2.45, 2.75) is 15.5 Å². The molecule has 0 unspecified atom stereocenters.